The Morgan fingerprint density at radius 3 is 2.74 bits per heavy atom. The highest BCUT2D eigenvalue weighted by molar-refractivity contribution is 5.43. The van der Waals surface area contributed by atoms with Crippen LogP contribution in [0.15, 0.2) is 18.2 Å². The van der Waals surface area contributed by atoms with Crippen molar-refractivity contribution in [1.82, 2.24) is 15.0 Å². The third-order valence-corrected chi connectivity index (χ3v) is 3.35. The molecule has 0 spiro atoms. The van der Waals surface area contributed by atoms with Gasteiger partial charge >= 0.3 is 0 Å². The fourth-order valence-electron chi connectivity index (χ4n) is 2.19. The quantitative estimate of drug-likeness (QED) is 0.898. The van der Waals surface area contributed by atoms with Gasteiger partial charge in [-0.15, -0.1) is 5.10 Å². The van der Waals surface area contributed by atoms with Gasteiger partial charge < -0.3 is 5.11 Å². The first-order valence-electron chi connectivity index (χ1n) is 6.79. The minimum absolute atomic E-state index is 0.0517. The van der Waals surface area contributed by atoms with Crippen LogP contribution in [0.5, 0.6) is 0 Å². The van der Waals surface area contributed by atoms with Crippen LogP contribution in [0.4, 0.5) is 0 Å². The molecule has 0 aliphatic heterocycles. The smallest absolute Gasteiger partial charge is 0.112 e. The van der Waals surface area contributed by atoms with Gasteiger partial charge in [-0.2, -0.15) is 0 Å². The third-order valence-electron chi connectivity index (χ3n) is 3.35. The van der Waals surface area contributed by atoms with Crippen molar-refractivity contribution in [1.29, 1.82) is 0 Å². The molecule has 0 fully saturated rings. The van der Waals surface area contributed by atoms with E-state index < -0.39 is 0 Å². The molecule has 0 atom stereocenters. The lowest BCUT2D eigenvalue weighted by Gasteiger charge is -2.10. The lowest BCUT2D eigenvalue weighted by molar-refractivity contribution is 0.275. The van der Waals surface area contributed by atoms with E-state index in [1.807, 2.05) is 4.68 Å². The van der Waals surface area contributed by atoms with Gasteiger partial charge in [0, 0.05) is 0 Å². The molecule has 102 valence electrons. The molecule has 0 aliphatic rings. The number of unbranched alkanes of at least 4 members (excludes halogenated alkanes) is 1. The van der Waals surface area contributed by atoms with Gasteiger partial charge in [0.15, 0.2) is 0 Å². The zero-order valence-electron chi connectivity index (χ0n) is 11.8. The maximum absolute atomic E-state index is 9.39. The topological polar surface area (TPSA) is 50.9 Å². The molecule has 0 bridgehead atoms. The number of aliphatic hydroxyl groups excluding tert-OH is 1. The predicted octanol–water partition coefficient (Wildman–Crippen LogP) is 2.72. The van der Waals surface area contributed by atoms with Crippen molar-refractivity contribution in [3.05, 3.63) is 40.7 Å². The number of nitrogens with zero attached hydrogens (tertiary/aromatic N) is 3. The Morgan fingerprint density at radius 2 is 2.05 bits per heavy atom. The molecular formula is C15H21N3O. The van der Waals surface area contributed by atoms with Gasteiger partial charge in [0.1, 0.15) is 5.69 Å². The summed E-state index contributed by atoms with van der Waals surface area (Å²) < 4.78 is 1.88. The lowest BCUT2D eigenvalue weighted by atomic mass is 10.1. The molecule has 0 radical (unpaired) electrons. The molecule has 4 nitrogen and oxygen atoms in total. The van der Waals surface area contributed by atoms with Crippen molar-refractivity contribution in [3.63, 3.8) is 0 Å². The van der Waals surface area contributed by atoms with Crippen LogP contribution in [-0.4, -0.2) is 20.1 Å². The van der Waals surface area contributed by atoms with Crippen LogP contribution < -0.4 is 0 Å². The molecule has 2 aromatic rings. The summed E-state index contributed by atoms with van der Waals surface area (Å²) in [5, 5.41) is 17.7. The van der Waals surface area contributed by atoms with Gasteiger partial charge in [-0.1, -0.05) is 30.7 Å². The molecule has 1 aromatic heterocycles. The highest BCUT2D eigenvalue weighted by Gasteiger charge is 2.14. The summed E-state index contributed by atoms with van der Waals surface area (Å²) in [6, 6.07) is 6.30. The summed E-state index contributed by atoms with van der Waals surface area (Å²) in [6.45, 7) is 6.24. The second-order valence-electron chi connectivity index (χ2n) is 4.95. The number of aromatic nitrogens is 3. The van der Waals surface area contributed by atoms with E-state index in [4.69, 9.17) is 0 Å². The number of hydrogen-bond donors (Lipinski definition) is 1. The van der Waals surface area contributed by atoms with E-state index in [0.717, 1.165) is 36.2 Å². The lowest BCUT2D eigenvalue weighted by Crippen LogP contribution is -2.06. The van der Waals surface area contributed by atoms with Crippen LogP contribution in [0.1, 0.15) is 42.3 Å². The summed E-state index contributed by atoms with van der Waals surface area (Å²) in [5.74, 6) is 0. The van der Waals surface area contributed by atoms with E-state index in [-0.39, 0.29) is 6.61 Å². The second kappa shape index (κ2) is 5.97. The van der Waals surface area contributed by atoms with E-state index in [1.165, 1.54) is 5.56 Å². The monoisotopic (exact) mass is 259 g/mol. The first-order chi connectivity index (χ1) is 9.17. The summed E-state index contributed by atoms with van der Waals surface area (Å²) in [7, 11) is 0. The summed E-state index contributed by atoms with van der Waals surface area (Å²) >= 11 is 0. The van der Waals surface area contributed by atoms with Gasteiger partial charge in [0.05, 0.1) is 18.0 Å². The molecule has 0 saturated heterocycles. The maximum atomic E-state index is 9.39. The molecule has 0 aliphatic carbocycles. The van der Waals surface area contributed by atoms with Gasteiger partial charge in [0.25, 0.3) is 0 Å². The van der Waals surface area contributed by atoms with E-state index in [9.17, 15) is 5.11 Å². The fraction of sp³-hybridized carbons (Fsp3) is 0.467. The average molecular weight is 259 g/mol. The van der Waals surface area contributed by atoms with Crippen LogP contribution in [0.3, 0.4) is 0 Å². The minimum atomic E-state index is -0.0517. The van der Waals surface area contributed by atoms with Crippen LogP contribution in [-0.2, 0) is 13.0 Å². The number of hydrogen-bond acceptors (Lipinski definition) is 3. The molecule has 2 rings (SSSR count). The average Bonchev–Trinajstić information content (AvgIpc) is 2.81. The Labute approximate surface area is 114 Å². The third kappa shape index (κ3) is 2.84. The Balaban J connectivity index is 2.49. The van der Waals surface area contributed by atoms with Crippen LogP contribution in [0.2, 0.25) is 0 Å². The van der Waals surface area contributed by atoms with E-state index >= 15 is 0 Å². The highest BCUT2D eigenvalue weighted by atomic mass is 16.3. The molecule has 0 unspecified atom stereocenters. The van der Waals surface area contributed by atoms with Crippen LogP contribution in [0.25, 0.3) is 5.69 Å². The van der Waals surface area contributed by atoms with Gasteiger partial charge in [-0.25, -0.2) is 4.68 Å². The van der Waals surface area contributed by atoms with Crippen LogP contribution >= 0.6 is 0 Å². The van der Waals surface area contributed by atoms with Crippen LogP contribution in [0, 0.1) is 13.8 Å². The van der Waals surface area contributed by atoms with Crippen molar-refractivity contribution in [2.45, 2.75) is 46.6 Å². The fourth-order valence-corrected chi connectivity index (χ4v) is 2.19. The Hall–Kier alpha value is -1.68. The van der Waals surface area contributed by atoms with Crippen molar-refractivity contribution < 1.29 is 5.11 Å². The first-order valence-corrected chi connectivity index (χ1v) is 6.79. The Morgan fingerprint density at radius 1 is 1.26 bits per heavy atom. The number of benzene rings is 1. The van der Waals surface area contributed by atoms with Crippen molar-refractivity contribution in [3.8, 4) is 5.69 Å². The van der Waals surface area contributed by atoms with Gasteiger partial charge in [-0.05, 0) is 43.9 Å². The number of aryl methyl sites for hydroxylation is 2. The predicted molar refractivity (Wildman–Crippen MR) is 75.4 cm³/mol. The Kier molecular flexibility index (Phi) is 4.32. The minimum Gasteiger partial charge on any atom is -0.390 e. The van der Waals surface area contributed by atoms with E-state index in [0.29, 0.717) is 5.69 Å². The summed E-state index contributed by atoms with van der Waals surface area (Å²) in [5.41, 5.74) is 5.13. The SMILES string of the molecule is CCCCc1c(CO)nnn1-c1cc(C)ccc1C. The molecule has 4 heteroatoms. The Bertz CT molecular complexity index is 561. The number of rotatable bonds is 5. The zero-order chi connectivity index (χ0) is 13.8. The second-order valence-corrected chi connectivity index (χ2v) is 4.95. The molecule has 1 N–H and O–H groups in total. The summed E-state index contributed by atoms with van der Waals surface area (Å²) in [6.07, 6.45) is 3.08. The molecule has 19 heavy (non-hydrogen) atoms. The number of aliphatic hydroxyl groups is 1. The molecule has 1 aromatic carbocycles. The van der Waals surface area contributed by atoms with Gasteiger partial charge in [0.2, 0.25) is 0 Å². The zero-order valence-corrected chi connectivity index (χ0v) is 11.8. The molecule has 0 amide bonds. The van der Waals surface area contributed by atoms with E-state index in [1.54, 1.807) is 0 Å². The summed E-state index contributed by atoms with van der Waals surface area (Å²) in [4.78, 5) is 0. The van der Waals surface area contributed by atoms with E-state index in [2.05, 4.69) is 49.3 Å². The molecule has 1 heterocycles. The first kappa shape index (κ1) is 13.7. The largest absolute Gasteiger partial charge is 0.390 e. The molecular weight excluding hydrogens is 238 g/mol. The normalized spacial score (nSPS) is 10.9. The van der Waals surface area contributed by atoms with Crippen molar-refractivity contribution in [2.24, 2.45) is 0 Å². The standard InChI is InChI=1S/C15H21N3O/c1-4-5-6-14-13(10-19)16-17-18(14)15-9-11(2)7-8-12(15)3/h7-9,19H,4-6,10H2,1-3H3. The highest BCUT2D eigenvalue weighted by Crippen LogP contribution is 2.20. The maximum Gasteiger partial charge on any atom is 0.112 e. The van der Waals surface area contributed by atoms with Gasteiger partial charge in [-0.3, -0.25) is 0 Å². The van der Waals surface area contributed by atoms with Crippen molar-refractivity contribution in [2.75, 3.05) is 0 Å². The van der Waals surface area contributed by atoms with Crippen molar-refractivity contribution >= 4 is 0 Å². The molecule has 0 saturated carbocycles.